The number of ketones is 1. The summed E-state index contributed by atoms with van der Waals surface area (Å²) >= 11 is 0. The van der Waals surface area contributed by atoms with Crippen molar-refractivity contribution in [2.75, 3.05) is 26.2 Å². The molecule has 5 rings (SSSR count). The van der Waals surface area contributed by atoms with Gasteiger partial charge in [-0.3, -0.25) is 19.3 Å². The fourth-order valence-corrected chi connectivity index (χ4v) is 6.51. The molecule has 4 atom stereocenters. The molecule has 2 amide bonds. The molecule has 6 heteroatoms. The van der Waals surface area contributed by atoms with Crippen LogP contribution >= 0.6 is 0 Å². The number of hydrogen-bond donors (Lipinski definition) is 2. The van der Waals surface area contributed by atoms with Gasteiger partial charge < -0.3 is 11.1 Å². The molecule has 1 saturated carbocycles. The molecule has 3 N–H and O–H groups in total. The predicted molar refractivity (Wildman–Crippen MR) is 127 cm³/mol. The SMILES string of the molecule is CC12C(=O)C(C)(C(c3ccccc3)=C1c1ccccc1)C1C(=O)N(CCNCCN)C(=O)C12. The average Bonchev–Trinajstić information content (AvgIpc) is 3.27. The van der Waals surface area contributed by atoms with Crippen molar-refractivity contribution in [2.24, 2.45) is 28.4 Å². The Balaban J connectivity index is 1.68. The van der Waals surface area contributed by atoms with Crippen LogP contribution in [-0.2, 0) is 14.4 Å². The number of nitrogens with one attached hydrogen (secondary N) is 1. The molecule has 0 aromatic heterocycles. The van der Waals surface area contributed by atoms with Crippen molar-refractivity contribution in [3.05, 3.63) is 71.8 Å². The molecule has 33 heavy (non-hydrogen) atoms. The molecule has 4 unspecified atom stereocenters. The van der Waals surface area contributed by atoms with Crippen LogP contribution in [0.1, 0.15) is 25.0 Å². The number of benzene rings is 2. The highest BCUT2D eigenvalue weighted by Gasteiger charge is 2.78. The number of carbonyl (C=O) groups is 3. The van der Waals surface area contributed by atoms with Gasteiger partial charge in [-0.1, -0.05) is 60.7 Å². The number of imide groups is 1. The molecule has 2 fully saturated rings. The van der Waals surface area contributed by atoms with E-state index in [-0.39, 0.29) is 24.1 Å². The summed E-state index contributed by atoms with van der Waals surface area (Å²) in [6.07, 6.45) is 0. The molecule has 6 nitrogen and oxygen atoms in total. The third-order valence-corrected chi connectivity index (χ3v) is 7.83. The van der Waals surface area contributed by atoms with E-state index in [2.05, 4.69) is 5.32 Å². The first kappa shape index (κ1) is 21.7. The van der Waals surface area contributed by atoms with Crippen LogP contribution in [0.3, 0.4) is 0 Å². The van der Waals surface area contributed by atoms with E-state index in [1.807, 2.05) is 74.5 Å². The molecule has 2 aliphatic carbocycles. The lowest BCUT2D eigenvalue weighted by Crippen LogP contribution is -2.43. The fourth-order valence-electron chi connectivity index (χ4n) is 6.51. The summed E-state index contributed by atoms with van der Waals surface area (Å²) in [7, 11) is 0. The third kappa shape index (κ3) is 2.77. The van der Waals surface area contributed by atoms with Crippen LogP contribution in [0.2, 0.25) is 0 Å². The lowest BCUT2D eigenvalue weighted by molar-refractivity contribution is -0.144. The second-order valence-corrected chi connectivity index (χ2v) is 9.54. The Morgan fingerprint density at radius 2 is 1.24 bits per heavy atom. The molecule has 2 aromatic carbocycles. The highest BCUT2D eigenvalue weighted by Crippen LogP contribution is 2.73. The molecular weight excluding hydrogens is 414 g/mol. The van der Waals surface area contributed by atoms with Crippen molar-refractivity contribution in [3.63, 3.8) is 0 Å². The molecule has 1 saturated heterocycles. The Hall–Kier alpha value is -3.09. The van der Waals surface area contributed by atoms with Crippen LogP contribution in [-0.4, -0.2) is 48.7 Å². The zero-order valence-corrected chi connectivity index (χ0v) is 19.0. The summed E-state index contributed by atoms with van der Waals surface area (Å²) in [6.45, 7) is 5.62. The minimum atomic E-state index is -1.06. The monoisotopic (exact) mass is 443 g/mol. The zero-order chi connectivity index (χ0) is 23.4. The standard InChI is InChI=1S/C27H29N3O3/c1-26-19(17-9-5-3-6-10-17)20(18-11-7-4-8-12-18)27(2,25(26)33)22-21(26)23(31)30(24(22)32)16-15-29-14-13-28/h3-12,21-22,29H,13-16,28H2,1-2H3. The van der Waals surface area contributed by atoms with E-state index in [9.17, 15) is 14.4 Å². The lowest BCUT2D eigenvalue weighted by atomic mass is 9.63. The van der Waals surface area contributed by atoms with Gasteiger partial charge in [0.15, 0.2) is 5.78 Å². The summed E-state index contributed by atoms with van der Waals surface area (Å²) < 4.78 is 0. The number of amides is 2. The lowest BCUT2D eigenvalue weighted by Gasteiger charge is -2.35. The normalized spacial score (nSPS) is 30.5. The van der Waals surface area contributed by atoms with Crippen LogP contribution in [0.4, 0.5) is 0 Å². The first-order chi connectivity index (χ1) is 15.9. The Bertz CT molecular complexity index is 1080. The van der Waals surface area contributed by atoms with E-state index in [0.29, 0.717) is 19.6 Å². The fraction of sp³-hybridized carbons (Fsp3) is 0.370. The van der Waals surface area contributed by atoms with Gasteiger partial charge in [-0.05, 0) is 36.1 Å². The van der Waals surface area contributed by atoms with Gasteiger partial charge in [-0.25, -0.2) is 0 Å². The van der Waals surface area contributed by atoms with Crippen molar-refractivity contribution in [1.29, 1.82) is 0 Å². The highest BCUT2D eigenvalue weighted by molar-refractivity contribution is 6.29. The predicted octanol–water partition coefficient (Wildman–Crippen LogP) is 2.36. The van der Waals surface area contributed by atoms with Gasteiger partial charge in [0.05, 0.1) is 22.7 Å². The van der Waals surface area contributed by atoms with Crippen LogP contribution in [0.5, 0.6) is 0 Å². The molecule has 3 aliphatic rings. The van der Waals surface area contributed by atoms with E-state index >= 15 is 0 Å². The van der Waals surface area contributed by atoms with Gasteiger partial charge in [0.25, 0.3) is 0 Å². The molecule has 0 spiro atoms. The summed E-state index contributed by atoms with van der Waals surface area (Å²) in [4.78, 5) is 42.7. The topological polar surface area (TPSA) is 92.5 Å². The number of carbonyl (C=O) groups excluding carboxylic acids is 3. The Labute approximate surface area is 193 Å². The molecule has 170 valence electrons. The van der Waals surface area contributed by atoms with Gasteiger partial charge >= 0.3 is 0 Å². The largest absolute Gasteiger partial charge is 0.329 e. The van der Waals surface area contributed by atoms with E-state index in [4.69, 9.17) is 5.73 Å². The number of allylic oxidation sites excluding steroid dienone is 2. The van der Waals surface area contributed by atoms with E-state index in [1.165, 1.54) is 4.90 Å². The Kier molecular flexibility index (Phi) is 5.10. The number of hydrogen-bond acceptors (Lipinski definition) is 5. The summed E-state index contributed by atoms with van der Waals surface area (Å²) in [6, 6.07) is 19.6. The second-order valence-electron chi connectivity index (χ2n) is 9.54. The molecule has 0 radical (unpaired) electrons. The Morgan fingerprint density at radius 1 is 0.788 bits per heavy atom. The van der Waals surface area contributed by atoms with Crippen molar-refractivity contribution >= 4 is 28.7 Å². The number of likely N-dealkylation sites (tertiary alicyclic amines) is 1. The number of fused-ring (bicyclic) bond motifs is 5. The van der Waals surface area contributed by atoms with Crippen LogP contribution in [0.25, 0.3) is 11.1 Å². The van der Waals surface area contributed by atoms with Gasteiger partial charge in [0, 0.05) is 26.2 Å². The van der Waals surface area contributed by atoms with E-state index < -0.39 is 22.7 Å². The minimum Gasteiger partial charge on any atom is -0.329 e. The summed E-state index contributed by atoms with van der Waals surface area (Å²) in [5, 5.41) is 3.16. The molecule has 1 heterocycles. The van der Waals surface area contributed by atoms with E-state index in [0.717, 1.165) is 22.3 Å². The van der Waals surface area contributed by atoms with Gasteiger partial charge in [0.1, 0.15) is 0 Å². The maximum absolute atomic E-state index is 14.1. The summed E-state index contributed by atoms with van der Waals surface area (Å²) in [5.74, 6) is -1.86. The number of Topliss-reactive ketones (excluding diaryl/α,β-unsaturated/α-hetero) is 1. The first-order valence-electron chi connectivity index (χ1n) is 11.6. The smallest absolute Gasteiger partial charge is 0.234 e. The number of rotatable bonds is 7. The van der Waals surface area contributed by atoms with Crippen LogP contribution in [0, 0.1) is 22.7 Å². The molecule has 1 aliphatic heterocycles. The van der Waals surface area contributed by atoms with Crippen molar-refractivity contribution in [1.82, 2.24) is 10.2 Å². The van der Waals surface area contributed by atoms with Crippen LogP contribution < -0.4 is 11.1 Å². The van der Waals surface area contributed by atoms with Crippen molar-refractivity contribution < 1.29 is 14.4 Å². The second kappa shape index (κ2) is 7.75. The first-order valence-corrected chi connectivity index (χ1v) is 11.6. The van der Waals surface area contributed by atoms with Gasteiger partial charge in [-0.2, -0.15) is 0 Å². The van der Waals surface area contributed by atoms with Gasteiger partial charge in [0.2, 0.25) is 11.8 Å². The number of nitrogens with two attached hydrogens (primary N) is 1. The zero-order valence-electron chi connectivity index (χ0n) is 19.0. The van der Waals surface area contributed by atoms with Crippen molar-refractivity contribution in [2.45, 2.75) is 13.8 Å². The van der Waals surface area contributed by atoms with Gasteiger partial charge in [-0.15, -0.1) is 0 Å². The van der Waals surface area contributed by atoms with Crippen molar-refractivity contribution in [3.8, 4) is 0 Å². The third-order valence-electron chi connectivity index (χ3n) is 7.83. The van der Waals surface area contributed by atoms with Crippen LogP contribution in [0.15, 0.2) is 60.7 Å². The maximum Gasteiger partial charge on any atom is 0.234 e. The maximum atomic E-state index is 14.1. The minimum absolute atomic E-state index is 0.0229. The Morgan fingerprint density at radius 3 is 1.67 bits per heavy atom. The number of nitrogens with zero attached hydrogens (tertiary/aromatic N) is 1. The molecule has 2 aromatic rings. The summed E-state index contributed by atoms with van der Waals surface area (Å²) in [5.41, 5.74) is 7.04. The van der Waals surface area contributed by atoms with E-state index in [1.54, 1.807) is 0 Å². The quantitative estimate of drug-likeness (QED) is 0.506. The average molecular weight is 444 g/mol. The molecule has 2 bridgehead atoms. The highest BCUT2D eigenvalue weighted by atomic mass is 16.2. The molecular formula is C27H29N3O3.